The number of carbonyl (C=O) groups excluding carboxylic acids is 1. The molecule has 0 amide bonds. The molecular formula is C12H18F4O4. The average Bonchev–Trinajstić information content (AvgIpc) is 2.24. The first-order valence-electron chi connectivity index (χ1n) is 5.93. The van der Waals surface area contributed by atoms with Crippen LogP contribution in [0.2, 0.25) is 0 Å². The van der Waals surface area contributed by atoms with E-state index in [2.05, 4.69) is 4.74 Å². The van der Waals surface area contributed by atoms with Crippen molar-refractivity contribution in [1.29, 1.82) is 0 Å². The van der Waals surface area contributed by atoms with Crippen molar-refractivity contribution in [2.75, 3.05) is 6.61 Å². The second-order valence-electron chi connectivity index (χ2n) is 4.45. The summed E-state index contributed by atoms with van der Waals surface area (Å²) < 4.78 is 57.4. The van der Waals surface area contributed by atoms with Gasteiger partial charge in [-0.3, -0.25) is 0 Å². The number of ether oxygens (including phenoxy) is 1. The molecule has 0 aromatic rings. The summed E-state index contributed by atoms with van der Waals surface area (Å²) in [5.74, 6) is -9.85. The number of hydrogen-bond acceptors (Lipinski definition) is 4. The van der Waals surface area contributed by atoms with Crippen LogP contribution in [0.3, 0.4) is 0 Å². The number of esters is 1. The molecule has 2 N–H and O–H groups in total. The van der Waals surface area contributed by atoms with Crippen LogP contribution in [0.25, 0.3) is 0 Å². The van der Waals surface area contributed by atoms with Crippen molar-refractivity contribution in [3.8, 4) is 0 Å². The first-order valence-corrected chi connectivity index (χ1v) is 5.93. The van der Waals surface area contributed by atoms with Crippen LogP contribution in [0, 0.1) is 0 Å². The van der Waals surface area contributed by atoms with E-state index in [1.165, 1.54) is 13.0 Å². The molecule has 0 rings (SSSR count). The largest absolute Gasteiger partial charge is 0.460 e. The molecule has 4 nitrogen and oxygen atoms in total. The van der Waals surface area contributed by atoms with E-state index in [9.17, 15) is 27.5 Å². The topological polar surface area (TPSA) is 66.8 Å². The summed E-state index contributed by atoms with van der Waals surface area (Å²) in [5, 5.41) is 18.0. The van der Waals surface area contributed by atoms with E-state index in [-0.39, 0.29) is 0 Å². The van der Waals surface area contributed by atoms with E-state index in [1.807, 2.05) is 0 Å². The number of carbonyl (C=O) groups is 1. The zero-order valence-electron chi connectivity index (χ0n) is 11.2. The molecule has 0 radical (unpaired) electrons. The number of aliphatic hydroxyl groups is 2. The second-order valence-corrected chi connectivity index (χ2v) is 4.45. The van der Waals surface area contributed by atoms with Crippen molar-refractivity contribution < 1.29 is 37.3 Å². The van der Waals surface area contributed by atoms with Gasteiger partial charge in [-0.1, -0.05) is 6.08 Å². The third-order valence-electron chi connectivity index (χ3n) is 2.30. The van der Waals surface area contributed by atoms with E-state index < -0.39 is 49.5 Å². The highest BCUT2D eigenvalue weighted by molar-refractivity contribution is 5.81. The maximum atomic E-state index is 13.3. The Hall–Kier alpha value is -1.15. The molecule has 0 spiro atoms. The van der Waals surface area contributed by atoms with Crippen molar-refractivity contribution in [1.82, 2.24) is 0 Å². The first-order chi connectivity index (χ1) is 9.01. The molecule has 2 atom stereocenters. The van der Waals surface area contributed by atoms with Gasteiger partial charge in [0, 0.05) is 18.9 Å². The Bertz CT molecular complexity index is 342. The minimum absolute atomic E-state index is 0.816. The molecule has 0 fully saturated rings. The van der Waals surface area contributed by atoms with Crippen LogP contribution in [-0.2, 0) is 9.53 Å². The SMILES string of the molecule is CC=CC(=O)OCC(O)CC(F)(F)C(F)(F)CC(C)O. The van der Waals surface area contributed by atoms with Gasteiger partial charge < -0.3 is 14.9 Å². The van der Waals surface area contributed by atoms with Gasteiger partial charge in [-0.05, 0) is 13.8 Å². The Morgan fingerprint density at radius 3 is 2.15 bits per heavy atom. The van der Waals surface area contributed by atoms with Gasteiger partial charge in [0.1, 0.15) is 6.61 Å². The third kappa shape index (κ3) is 6.33. The van der Waals surface area contributed by atoms with Gasteiger partial charge in [-0.15, -0.1) is 0 Å². The fourth-order valence-electron chi connectivity index (χ4n) is 1.39. The standard InChI is InChI=1S/C12H18F4O4/c1-3-4-10(19)20-7-9(18)6-12(15,16)11(13,14)5-8(2)17/h3-4,8-9,17-18H,5-7H2,1-2H3. The predicted octanol–water partition coefficient (Wildman–Crippen LogP) is 1.90. The molecule has 0 aliphatic rings. The van der Waals surface area contributed by atoms with Crippen LogP contribution < -0.4 is 0 Å². The van der Waals surface area contributed by atoms with Crippen molar-refractivity contribution >= 4 is 5.97 Å². The molecule has 0 aromatic carbocycles. The smallest absolute Gasteiger partial charge is 0.330 e. The molecule has 118 valence electrons. The highest BCUT2D eigenvalue weighted by Crippen LogP contribution is 2.41. The number of halogens is 4. The van der Waals surface area contributed by atoms with Crippen LogP contribution >= 0.6 is 0 Å². The summed E-state index contributed by atoms with van der Waals surface area (Å²) in [4.78, 5) is 10.9. The average molecular weight is 302 g/mol. The normalized spacial score (nSPS) is 16.2. The fraction of sp³-hybridized carbons (Fsp3) is 0.750. The van der Waals surface area contributed by atoms with Crippen molar-refractivity contribution in [2.45, 2.75) is 50.7 Å². The summed E-state index contributed by atoms with van der Waals surface area (Å²) in [7, 11) is 0. The number of rotatable bonds is 8. The quantitative estimate of drug-likeness (QED) is 0.408. The predicted molar refractivity (Wildman–Crippen MR) is 62.6 cm³/mol. The van der Waals surface area contributed by atoms with E-state index in [0.717, 1.165) is 13.0 Å². The lowest BCUT2D eigenvalue weighted by Gasteiger charge is -2.28. The molecule has 0 aliphatic heterocycles. The molecule has 20 heavy (non-hydrogen) atoms. The Balaban J connectivity index is 4.47. The number of aliphatic hydroxyl groups excluding tert-OH is 2. The van der Waals surface area contributed by atoms with Crippen LogP contribution in [0.1, 0.15) is 26.7 Å². The minimum atomic E-state index is -4.52. The van der Waals surface area contributed by atoms with Crippen LogP contribution in [0.4, 0.5) is 17.6 Å². The lowest BCUT2D eigenvalue weighted by molar-refractivity contribution is -0.233. The Morgan fingerprint density at radius 2 is 1.70 bits per heavy atom. The van der Waals surface area contributed by atoms with Crippen LogP contribution in [0.5, 0.6) is 0 Å². The van der Waals surface area contributed by atoms with E-state index in [1.54, 1.807) is 0 Å². The lowest BCUT2D eigenvalue weighted by Crippen LogP contribution is -2.45. The van der Waals surface area contributed by atoms with Gasteiger partial charge in [0.05, 0.1) is 12.2 Å². The molecule has 0 aliphatic carbocycles. The number of alkyl halides is 4. The Kier molecular flexibility index (Phi) is 7.15. The first kappa shape index (κ1) is 18.9. The molecule has 0 heterocycles. The van der Waals surface area contributed by atoms with Crippen LogP contribution in [0.15, 0.2) is 12.2 Å². The van der Waals surface area contributed by atoms with Gasteiger partial charge in [-0.25, -0.2) is 4.79 Å². The van der Waals surface area contributed by atoms with Crippen molar-refractivity contribution in [2.24, 2.45) is 0 Å². The Labute approximate surface area is 114 Å². The van der Waals surface area contributed by atoms with Gasteiger partial charge in [0.15, 0.2) is 0 Å². The number of allylic oxidation sites excluding steroid dienone is 1. The minimum Gasteiger partial charge on any atom is -0.460 e. The maximum Gasteiger partial charge on any atom is 0.330 e. The monoisotopic (exact) mass is 302 g/mol. The fourth-order valence-corrected chi connectivity index (χ4v) is 1.39. The van der Waals surface area contributed by atoms with Crippen molar-refractivity contribution in [3.05, 3.63) is 12.2 Å². The summed E-state index contributed by atoms with van der Waals surface area (Å²) in [5.41, 5.74) is 0. The Morgan fingerprint density at radius 1 is 1.20 bits per heavy atom. The van der Waals surface area contributed by atoms with Gasteiger partial charge >= 0.3 is 17.8 Å². The van der Waals surface area contributed by atoms with Gasteiger partial charge in [0.2, 0.25) is 0 Å². The number of hydrogen-bond donors (Lipinski definition) is 2. The molecule has 0 aromatic heterocycles. The molecule has 8 heteroatoms. The second kappa shape index (κ2) is 7.58. The summed E-state index contributed by atoms with van der Waals surface area (Å²) in [6.45, 7) is 1.66. The van der Waals surface area contributed by atoms with Crippen LogP contribution in [-0.4, -0.2) is 46.8 Å². The molecule has 0 saturated carbocycles. The highest BCUT2D eigenvalue weighted by atomic mass is 19.3. The van der Waals surface area contributed by atoms with Gasteiger partial charge in [0.25, 0.3) is 0 Å². The third-order valence-corrected chi connectivity index (χ3v) is 2.30. The molecular weight excluding hydrogens is 284 g/mol. The zero-order chi connectivity index (χ0) is 16.0. The van der Waals surface area contributed by atoms with Gasteiger partial charge in [-0.2, -0.15) is 17.6 Å². The maximum absolute atomic E-state index is 13.3. The molecule has 0 saturated heterocycles. The summed E-state index contributed by atoms with van der Waals surface area (Å²) in [6.07, 6.45) is -4.21. The summed E-state index contributed by atoms with van der Waals surface area (Å²) in [6, 6.07) is 0. The zero-order valence-corrected chi connectivity index (χ0v) is 11.2. The summed E-state index contributed by atoms with van der Waals surface area (Å²) >= 11 is 0. The van der Waals surface area contributed by atoms with E-state index in [0.29, 0.717) is 0 Å². The lowest BCUT2D eigenvalue weighted by atomic mass is 10.00. The van der Waals surface area contributed by atoms with Crippen molar-refractivity contribution in [3.63, 3.8) is 0 Å². The molecule has 0 bridgehead atoms. The van der Waals surface area contributed by atoms with E-state index >= 15 is 0 Å². The van der Waals surface area contributed by atoms with E-state index in [4.69, 9.17) is 5.11 Å². The highest BCUT2D eigenvalue weighted by Gasteiger charge is 2.56. The molecule has 2 unspecified atom stereocenters.